The molecule has 0 amide bonds. The van der Waals surface area contributed by atoms with Crippen LogP contribution in [0.15, 0.2) is 29.5 Å². The average molecular weight is 391 g/mol. The molecule has 1 aromatic rings. The molecule has 27 heavy (non-hydrogen) atoms. The van der Waals surface area contributed by atoms with Crippen molar-refractivity contribution < 1.29 is 19.0 Å². The molecular formula is C20H26N2O4S. The summed E-state index contributed by atoms with van der Waals surface area (Å²) >= 11 is 5.32. The van der Waals surface area contributed by atoms with Gasteiger partial charge >= 0.3 is 5.97 Å². The average Bonchev–Trinajstić information content (AvgIpc) is 3.04. The molecule has 6 nitrogen and oxygen atoms in total. The maximum atomic E-state index is 13.1. The molecule has 1 saturated carbocycles. The van der Waals surface area contributed by atoms with Gasteiger partial charge in [0, 0.05) is 11.3 Å². The topological polar surface area (TPSA) is 68.8 Å². The lowest BCUT2D eigenvalue weighted by Gasteiger charge is -2.31. The molecule has 1 aliphatic heterocycles. The fraction of sp³-hybridized carbons (Fsp3) is 0.500. The second kappa shape index (κ2) is 8.17. The Morgan fingerprint density at radius 3 is 2.63 bits per heavy atom. The lowest BCUT2D eigenvalue weighted by molar-refractivity contribution is -0.146. The number of esters is 1. The zero-order valence-electron chi connectivity index (χ0n) is 16.1. The van der Waals surface area contributed by atoms with E-state index in [0.29, 0.717) is 33.8 Å². The lowest BCUT2D eigenvalue weighted by atomic mass is 9.94. The molecule has 2 aliphatic rings. The molecule has 3 unspecified atom stereocenters. The van der Waals surface area contributed by atoms with Crippen LogP contribution in [0.1, 0.15) is 44.7 Å². The van der Waals surface area contributed by atoms with E-state index in [1.165, 1.54) is 0 Å². The van der Waals surface area contributed by atoms with Gasteiger partial charge in [0.1, 0.15) is 17.6 Å². The molecule has 2 N–H and O–H groups in total. The van der Waals surface area contributed by atoms with Crippen LogP contribution in [0.5, 0.6) is 11.5 Å². The summed E-state index contributed by atoms with van der Waals surface area (Å²) in [4.78, 5) is 13.1. The molecule has 0 spiro atoms. The van der Waals surface area contributed by atoms with Gasteiger partial charge in [-0.2, -0.15) is 0 Å². The van der Waals surface area contributed by atoms with Crippen LogP contribution in [0.2, 0.25) is 0 Å². The van der Waals surface area contributed by atoms with E-state index >= 15 is 0 Å². The number of carbonyl (C=O) groups excluding carboxylic acids is 1. The Kier molecular flexibility index (Phi) is 5.89. The highest BCUT2D eigenvalue weighted by atomic mass is 32.1. The summed E-state index contributed by atoms with van der Waals surface area (Å²) in [6.45, 7) is 3.96. The molecule has 7 heteroatoms. The number of benzene rings is 1. The van der Waals surface area contributed by atoms with Gasteiger partial charge < -0.3 is 24.8 Å². The molecule has 1 heterocycles. The van der Waals surface area contributed by atoms with Crippen molar-refractivity contribution in [1.29, 1.82) is 0 Å². The van der Waals surface area contributed by atoms with E-state index in [0.717, 1.165) is 24.8 Å². The molecule has 1 aliphatic carbocycles. The number of carbonyl (C=O) groups is 1. The highest BCUT2D eigenvalue weighted by molar-refractivity contribution is 7.80. The zero-order chi connectivity index (χ0) is 19.6. The first-order valence-electron chi connectivity index (χ1n) is 9.15. The van der Waals surface area contributed by atoms with Gasteiger partial charge in [-0.15, -0.1) is 0 Å². The molecule has 1 fully saturated rings. The van der Waals surface area contributed by atoms with Gasteiger partial charge in [0.15, 0.2) is 5.11 Å². The smallest absolute Gasteiger partial charge is 0.338 e. The zero-order valence-corrected chi connectivity index (χ0v) is 16.9. The van der Waals surface area contributed by atoms with Crippen LogP contribution in [-0.4, -0.2) is 31.4 Å². The van der Waals surface area contributed by atoms with E-state index in [2.05, 4.69) is 17.6 Å². The number of methoxy groups -OCH3 is 2. The summed E-state index contributed by atoms with van der Waals surface area (Å²) in [5.41, 5.74) is 1.96. The number of ether oxygens (including phenoxy) is 3. The molecule has 3 atom stereocenters. The number of nitrogens with one attached hydrogen (secondary N) is 2. The Bertz CT molecular complexity index is 777. The van der Waals surface area contributed by atoms with E-state index in [1.54, 1.807) is 14.2 Å². The number of hydrogen-bond acceptors (Lipinski definition) is 5. The van der Waals surface area contributed by atoms with Crippen LogP contribution < -0.4 is 20.1 Å². The fourth-order valence-electron chi connectivity index (χ4n) is 3.75. The predicted octanol–water partition coefficient (Wildman–Crippen LogP) is 3.23. The number of allylic oxidation sites excluding steroid dienone is 1. The van der Waals surface area contributed by atoms with E-state index in [1.807, 2.05) is 25.1 Å². The van der Waals surface area contributed by atoms with Crippen molar-refractivity contribution in [2.24, 2.45) is 5.92 Å². The van der Waals surface area contributed by atoms with Crippen LogP contribution in [0.3, 0.4) is 0 Å². The van der Waals surface area contributed by atoms with Gasteiger partial charge in [-0.1, -0.05) is 6.92 Å². The largest absolute Gasteiger partial charge is 0.497 e. The van der Waals surface area contributed by atoms with Crippen LogP contribution in [-0.2, 0) is 9.53 Å². The minimum absolute atomic E-state index is 0.0421. The van der Waals surface area contributed by atoms with Crippen LogP contribution >= 0.6 is 12.2 Å². The maximum absolute atomic E-state index is 13.1. The van der Waals surface area contributed by atoms with Crippen molar-refractivity contribution in [3.8, 4) is 11.5 Å². The Labute approximate surface area is 165 Å². The van der Waals surface area contributed by atoms with Crippen LogP contribution in [0.4, 0.5) is 0 Å². The van der Waals surface area contributed by atoms with E-state index < -0.39 is 6.04 Å². The van der Waals surface area contributed by atoms with Crippen molar-refractivity contribution in [1.82, 2.24) is 10.6 Å². The normalized spacial score (nSPS) is 24.9. The van der Waals surface area contributed by atoms with E-state index in [9.17, 15) is 4.79 Å². The Morgan fingerprint density at radius 2 is 2.00 bits per heavy atom. The first-order chi connectivity index (χ1) is 12.9. The summed E-state index contributed by atoms with van der Waals surface area (Å²) in [7, 11) is 3.20. The second-order valence-electron chi connectivity index (χ2n) is 7.03. The third kappa shape index (κ3) is 4.03. The highest BCUT2D eigenvalue weighted by Gasteiger charge is 2.35. The van der Waals surface area contributed by atoms with Crippen LogP contribution in [0, 0.1) is 5.92 Å². The van der Waals surface area contributed by atoms with Gasteiger partial charge in [-0.05, 0) is 62.5 Å². The number of thiocarbonyl (C=S) groups is 1. The van der Waals surface area contributed by atoms with E-state index in [-0.39, 0.29) is 12.1 Å². The van der Waals surface area contributed by atoms with Gasteiger partial charge in [0.05, 0.1) is 25.8 Å². The molecule has 0 bridgehead atoms. The van der Waals surface area contributed by atoms with Crippen molar-refractivity contribution in [2.45, 2.75) is 45.3 Å². The minimum Gasteiger partial charge on any atom is -0.497 e. The van der Waals surface area contributed by atoms with Crippen molar-refractivity contribution >= 4 is 23.3 Å². The molecule has 3 rings (SSSR count). The molecule has 0 saturated heterocycles. The first-order valence-corrected chi connectivity index (χ1v) is 9.56. The summed E-state index contributed by atoms with van der Waals surface area (Å²) in [5.74, 6) is 1.37. The highest BCUT2D eigenvalue weighted by Crippen LogP contribution is 2.37. The second-order valence-corrected chi connectivity index (χ2v) is 7.44. The monoisotopic (exact) mass is 390 g/mol. The fourth-order valence-corrected chi connectivity index (χ4v) is 4.02. The molecule has 0 aromatic heterocycles. The molecular weight excluding hydrogens is 364 g/mol. The van der Waals surface area contributed by atoms with Gasteiger partial charge in [0.25, 0.3) is 0 Å². The molecule has 146 valence electrons. The third-order valence-corrected chi connectivity index (χ3v) is 5.50. The van der Waals surface area contributed by atoms with Gasteiger partial charge in [-0.3, -0.25) is 0 Å². The number of hydrogen-bond donors (Lipinski definition) is 2. The van der Waals surface area contributed by atoms with Crippen molar-refractivity contribution in [3.63, 3.8) is 0 Å². The van der Waals surface area contributed by atoms with E-state index in [4.69, 9.17) is 26.4 Å². The third-order valence-electron chi connectivity index (χ3n) is 5.28. The number of rotatable bonds is 5. The molecule has 1 aromatic carbocycles. The van der Waals surface area contributed by atoms with Crippen molar-refractivity contribution in [3.05, 3.63) is 35.0 Å². The maximum Gasteiger partial charge on any atom is 0.338 e. The summed E-state index contributed by atoms with van der Waals surface area (Å²) in [6.07, 6.45) is 3.04. The van der Waals surface area contributed by atoms with Crippen molar-refractivity contribution in [2.75, 3.05) is 14.2 Å². The lowest BCUT2D eigenvalue weighted by Crippen LogP contribution is -2.45. The first kappa shape index (κ1) is 19.5. The summed E-state index contributed by atoms with van der Waals surface area (Å²) in [6, 6.07) is 5.01. The Morgan fingerprint density at radius 1 is 1.22 bits per heavy atom. The predicted molar refractivity (Wildman–Crippen MR) is 107 cm³/mol. The summed E-state index contributed by atoms with van der Waals surface area (Å²) in [5, 5.41) is 6.67. The SMILES string of the molecule is COc1ccc(OC)c(C2NC(=S)NC(C)=C2C(=O)OC2CCCC2C)c1. The summed E-state index contributed by atoms with van der Waals surface area (Å²) < 4.78 is 16.7. The van der Waals surface area contributed by atoms with Gasteiger partial charge in [-0.25, -0.2) is 4.79 Å². The Balaban J connectivity index is 1.98. The minimum atomic E-state index is -0.479. The molecule has 0 radical (unpaired) electrons. The van der Waals surface area contributed by atoms with Gasteiger partial charge in [0.2, 0.25) is 0 Å². The van der Waals surface area contributed by atoms with Crippen LogP contribution in [0.25, 0.3) is 0 Å². The standard InChI is InChI=1S/C20H26N2O4S/c1-11-6-5-7-15(11)26-19(23)17-12(2)21-20(27)22-18(17)14-10-13(24-3)8-9-16(14)25-4/h8-11,15,18H,5-7H2,1-4H3,(H2,21,22,27). The quantitative estimate of drug-likeness (QED) is 0.591. The Hall–Kier alpha value is -2.28.